The van der Waals surface area contributed by atoms with E-state index in [0.717, 1.165) is 87.1 Å². The quantitative estimate of drug-likeness (QED) is 0.206. The van der Waals surface area contributed by atoms with Gasteiger partial charge in [0.15, 0.2) is 0 Å². The molecule has 0 spiro atoms. The molecule has 218 valence electrons. The number of benzene rings is 2. The Bertz CT molecular complexity index is 1120. The summed E-state index contributed by atoms with van der Waals surface area (Å²) in [6, 6.07) is 13.1. The number of rotatable bonds is 16. The van der Waals surface area contributed by atoms with Gasteiger partial charge in [0, 0.05) is 39.2 Å². The monoisotopic (exact) mass is 553 g/mol. The van der Waals surface area contributed by atoms with Crippen molar-refractivity contribution in [3.63, 3.8) is 0 Å². The molecule has 4 rings (SSSR count). The standard InChI is InChI=1S/C31H43N3O6/c1-31(2)39-22-25-19-24(13-14-28(25)40-31)27(35)20-32-15-6-3-4-7-16-38-17-8-5-10-23-11-9-12-26(18-23)34-29(36)21-33-30(34)37/h9,11-14,18-19,27,32,35H,3-8,10,15-17,20-22H2,1-2H3,(H,33,37)/t27-/m1/s1. The van der Waals surface area contributed by atoms with Crippen molar-refractivity contribution in [1.29, 1.82) is 0 Å². The summed E-state index contributed by atoms with van der Waals surface area (Å²) >= 11 is 0. The lowest BCUT2D eigenvalue weighted by atomic mass is 10.0. The lowest BCUT2D eigenvalue weighted by Gasteiger charge is -2.33. The van der Waals surface area contributed by atoms with Crippen LogP contribution in [0.1, 0.15) is 75.2 Å². The molecule has 0 saturated carbocycles. The zero-order valence-corrected chi connectivity index (χ0v) is 23.7. The first-order chi connectivity index (χ1) is 19.3. The van der Waals surface area contributed by atoms with Gasteiger partial charge in [0.05, 0.1) is 24.9 Å². The van der Waals surface area contributed by atoms with Gasteiger partial charge in [0.2, 0.25) is 5.79 Å². The van der Waals surface area contributed by atoms with E-state index < -0.39 is 11.9 Å². The van der Waals surface area contributed by atoms with E-state index in [2.05, 4.69) is 10.6 Å². The predicted octanol–water partition coefficient (Wildman–Crippen LogP) is 4.61. The van der Waals surface area contributed by atoms with Crippen molar-refractivity contribution < 1.29 is 28.9 Å². The largest absolute Gasteiger partial charge is 0.463 e. The SMILES string of the molecule is CC1(C)OCc2cc([C@H](O)CNCCCCCCOCCCCc3cccc(N4C(=O)CNC4=O)c3)ccc2O1. The van der Waals surface area contributed by atoms with Crippen LogP contribution in [0.4, 0.5) is 10.5 Å². The van der Waals surface area contributed by atoms with Crippen LogP contribution < -0.4 is 20.3 Å². The number of hydrogen-bond acceptors (Lipinski definition) is 7. The van der Waals surface area contributed by atoms with E-state index in [-0.39, 0.29) is 18.5 Å². The van der Waals surface area contributed by atoms with Gasteiger partial charge in [-0.05, 0) is 74.0 Å². The van der Waals surface area contributed by atoms with Crippen molar-refractivity contribution in [2.24, 2.45) is 0 Å². The van der Waals surface area contributed by atoms with Crippen LogP contribution in [0.25, 0.3) is 0 Å². The summed E-state index contributed by atoms with van der Waals surface area (Å²) in [5.74, 6) is -0.0148. The van der Waals surface area contributed by atoms with Gasteiger partial charge in [0.1, 0.15) is 5.75 Å². The van der Waals surface area contributed by atoms with E-state index >= 15 is 0 Å². The maximum Gasteiger partial charge on any atom is 0.329 e. The minimum Gasteiger partial charge on any atom is -0.463 e. The average Bonchev–Trinajstić information content (AvgIpc) is 3.28. The van der Waals surface area contributed by atoms with Gasteiger partial charge in [-0.1, -0.05) is 31.0 Å². The van der Waals surface area contributed by atoms with Crippen LogP contribution in [-0.2, 0) is 27.3 Å². The number of carbonyl (C=O) groups excluding carboxylic acids is 2. The van der Waals surface area contributed by atoms with E-state index in [1.165, 1.54) is 4.90 Å². The first-order valence-electron chi connectivity index (χ1n) is 14.4. The van der Waals surface area contributed by atoms with Gasteiger partial charge in [-0.25, -0.2) is 9.69 Å². The fraction of sp³-hybridized carbons (Fsp3) is 0.548. The summed E-state index contributed by atoms with van der Waals surface area (Å²) in [5, 5.41) is 16.4. The first kappa shape index (κ1) is 30.0. The van der Waals surface area contributed by atoms with Gasteiger partial charge in [-0.3, -0.25) is 4.79 Å². The first-order valence-corrected chi connectivity index (χ1v) is 14.4. The zero-order valence-electron chi connectivity index (χ0n) is 23.7. The molecule has 2 aliphatic rings. The Morgan fingerprint density at radius 3 is 2.65 bits per heavy atom. The lowest BCUT2D eigenvalue weighted by Crippen LogP contribution is -2.35. The fourth-order valence-electron chi connectivity index (χ4n) is 4.90. The second kappa shape index (κ2) is 14.6. The molecule has 0 radical (unpaired) electrons. The van der Waals surface area contributed by atoms with Crippen molar-refractivity contribution in [1.82, 2.24) is 10.6 Å². The summed E-state index contributed by atoms with van der Waals surface area (Å²) in [4.78, 5) is 25.0. The molecule has 0 aromatic heterocycles. The number of carbonyl (C=O) groups is 2. The Morgan fingerprint density at radius 1 is 1.05 bits per heavy atom. The molecule has 9 nitrogen and oxygen atoms in total. The smallest absolute Gasteiger partial charge is 0.329 e. The molecule has 9 heteroatoms. The molecular formula is C31H43N3O6. The number of urea groups is 1. The topological polar surface area (TPSA) is 109 Å². The number of aliphatic hydroxyl groups is 1. The van der Waals surface area contributed by atoms with Crippen molar-refractivity contribution >= 4 is 17.6 Å². The third-order valence-corrected chi connectivity index (χ3v) is 7.15. The molecule has 40 heavy (non-hydrogen) atoms. The van der Waals surface area contributed by atoms with E-state index in [1.54, 1.807) is 6.07 Å². The van der Waals surface area contributed by atoms with E-state index in [4.69, 9.17) is 14.2 Å². The molecule has 0 bridgehead atoms. The number of aryl methyl sites for hydroxylation is 1. The molecule has 2 aromatic carbocycles. The highest BCUT2D eigenvalue weighted by Gasteiger charge is 2.30. The van der Waals surface area contributed by atoms with E-state index in [1.807, 2.05) is 50.2 Å². The molecule has 0 aliphatic carbocycles. The average molecular weight is 554 g/mol. The summed E-state index contributed by atoms with van der Waals surface area (Å²) < 4.78 is 17.3. The number of fused-ring (bicyclic) bond motifs is 1. The Balaban J connectivity index is 0.981. The molecule has 0 unspecified atom stereocenters. The molecule has 1 saturated heterocycles. The molecule has 2 aromatic rings. The number of imide groups is 1. The van der Waals surface area contributed by atoms with Gasteiger partial charge < -0.3 is 30.0 Å². The number of nitrogens with one attached hydrogen (secondary N) is 2. The van der Waals surface area contributed by atoms with Crippen molar-refractivity contribution in [2.75, 3.05) is 37.7 Å². The predicted molar refractivity (Wildman–Crippen MR) is 153 cm³/mol. The van der Waals surface area contributed by atoms with Crippen LogP contribution in [0.5, 0.6) is 5.75 Å². The van der Waals surface area contributed by atoms with Crippen LogP contribution in [0, 0.1) is 0 Å². The minimum atomic E-state index is -0.615. The number of unbranched alkanes of at least 4 members (excludes halogenated alkanes) is 4. The number of nitrogens with zero attached hydrogens (tertiary/aromatic N) is 1. The van der Waals surface area contributed by atoms with Gasteiger partial charge in [-0.2, -0.15) is 0 Å². The number of hydrogen-bond donors (Lipinski definition) is 3. The fourth-order valence-corrected chi connectivity index (χ4v) is 4.90. The minimum absolute atomic E-state index is 0.0595. The molecule has 1 atom stereocenters. The maximum absolute atomic E-state index is 11.9. The van der Waals surface area contributed by atoms with Gasteiger partial charge in [-0.15, -0.1) is 0 Å². The Kier molecular flexibility index (Phi) is 10.9. The van der Waals surface area contributed by atoms with Crippen LogP contribution in [0.15, 0.2) is 42.5 Å². The van der Waals surface area contributed by atoms with E-state index in [0.29, 0.717) is 18.8 Å². The van der Waals surface area contributed by atoms with Gasteiger partial charge >= 0.3 is 6.03 Å². The van der Waals surface area contributed by atoms with Crippen molar-refractivity contribution in [3.8, 4) is 5.75 Å². The molecule has 2 heterocycles. The van der Waals surface area contributed by atoms with Crippen molar-refractivity contribution in [3.05, 3.63) is 59.2 Å². The third-order valence-electron chi connectivity index (χ3n) is 7.15. The van der Waals surface area contributed by atoms with Crippen LogP contribution in [0.2, 0.25) is 0 Å². The molecule has 3 N–H and O–H groups in total. The third kappa shape index (κ3) is 8.76. The summed E-state index contributed by atoms with van der Waals surface area (Å²) in [6.45, 7) is 7.24. The van der Waals surface area contributed by atoms with Crippen molar-refractivity contribution in [2.45, 2.75) is 77.3 Å². The number of aliphatic hydroxyl groups excluding tert-OH is 1. The van der Waals surface area contributed by atoms with Crippen LogP contribution in [-0.4, -0.2) is 55.7 Å². The lowest BCUT2D eigenvalue weighted by molar-refractivity contribution is -0.180. The highest BCUT2D eigenvalue weighted by atomic mass is 16.7. The highest BCUT2D eigenvalue weighted by Crippen LogP contribution is 2.32. The summed E-state index contributed by atoms with van der Waals surface area (Å²) in [5.41, 5.74) is 3.58. The molecule has 1 fully saturated rings. The molecule has 3 amide bonds. The Labute approximate surface area is 237 Å². The summed E-state index contributed by atoms with van der Waals surface area (Å²) in [7, 11) is 0. The maximum atomic E-state index is 11.9. The number of amides is 3. The Morgan fingerprint density at radius 2 is 1.85 bits per heavy atom. The highest BCUT2D eigenvalue weighted by molar-refractivity contribution is 6.19. The zero-order chi connectivity index (χ0) is 28.4. The van der Waals surface area contributed by atoms with E-state index in [9.17, 15) is 14.7 Å². The van der Waals surface area contributed by atoms with Gasteiger partial charge in [0.25, 0.3) is 5.91 Å². The Hall–Kier alpha value is -2.98. The molecular weight excluding hydrogens is 510 g/mol. The molecule has 2 aliphatic heterocycles. The second-order valence-corrected chi connectivity index (χ2v) is 10.9. The van der Waals surface area contributed by atoms with Crippen LogP contribution >= 0.6 is 0 Å². The number of ether oxygens (including phenoxy) is 3. The second-order valence-electron chi connectivity index (χ2n) is 10.9. The number of anilines is 1. The normalized spacial score (nSPS) is 16.9. The van der Waals surface area contributed by atoms with Crippen LogP contribution in [0.3, 0.4) is 0 Å². The summed E-state index contributed by atoms with van der Waals surface area (Å²) in [6.07, 6.45) is 6.66.